The summed E-state index contributed by atoms with van der Waals surface area (Å²) in [7, 11) is 1.80. The third kappa shape index (κ3) is 2.63. The van der Waals surface area contributed by atoms with Crippen molar-refractivity contribution in [1.82, 2.24) is 14.8 Å². The van der Waals surface area contributed by atoms with E-state index in [1.807, 2.05) is 61.5 Å². The van der Waals surface area contributed by atoms with Crippen LogP contribution in [0.3, 0.4) is 0 Å². The molecule has 2 aromatic heterocycles. The van der Waals surface area contributed by atoms with E-state index < -0.39 is 0 Å². The number of aromatic nitrogens is 3. The summed E-state index contributed by atoms with van der Waals surface area (Å²) in [5.74, 6) is -0.0841. The molecule has 26 heavy (non-hydrogen) atoms. The van der Waals surface area contributed by atoms with E-state index in [0.29, 0.717) is 5.56 Å². The van der Waals surface area contributed by atoms with Crippen molar-refractivity contribution in [3.8, 4) is 5.69 Å². The fourth-order valence-electron chi connectivity index (χ4n) is 3.16. The molecule has 5 nitrogen and oxygen atoms in total. The van der Waals surface area contributed by atoms with E-state index in [9.17, 15) is 4.79 Å². The number of benzene rings is 2. The molecule has 4 aromatic rings. The minimum atomic E-state index is -0.0841. The lowest BCUT2D eigenvalue weighted by Crippen LogP contribution is -2.26. The van der Waals surface area contributed by atoms with Crippen molar-refractivity contribution < 1.29 is 4.79 Å². The van der Waals surface area contributed by atoms with E-state index in [2.05, 4.69) is 10.1 Å². The maximum atomic E-state index is 13.1. The Bertz CT molecular complexity index is 1080. The second-order valence-electron chi connectivity index (χ2n) is 6.12. The molecule has 0 atom stereocenters. The van der Waals surface area contributed by atoms with E-state index in [1.54, 1.807) is 35.2 Å². The highest BCUT2D eigenvalue weighted by Gasteiger charge is 2.20. The summed E-state index contributed by atoms with van der Waals surface area (Å²) < 4.78 is 1.76. The first-order chi connectivity index (χ1) is 12.7. The van der Waals surface area contributed by atoms with Crippen molar-refractivity contribution in [3.63, 3.8) is 0 Å². The highest BCUT2D eigenvalue weighted by Crippen LogP contribution is 2.27. The predicted octanol–water partition coefficient (Wildman–Crippen LogP) is 4.01. The Hall–Kier alpha value is -3.47. The van der Waals surface area contributed by atoms with Gasteiger partial charge < -0.3 is 4.90 Å². The molecular formula is C21H18N4O. The summed E-state index contributed by atoms with van der Waals surface area (Å²) >= 11 is 0. The van der Waals surface area contributed by atoms with Crippen molar-refractivity contribution in [3.05, 3.63) is 84.4 Å². The monoisotopic (exact) mass is 342 g/mol. The zero-order chi connectivity index (χ0) is 18.1. The van der Waals surface area contributed by atoms with Gasteiger partial charge in [-0.3, -0.25) is 9.78 Å². The van der Waals surface area contributed by atoms with Crippen LogP contribution in [-0.4, -0.2) is 27.7 Å². The summed E-state index contributed by atoms with van der Waals surface area (Å²) in [5, 5.41) is 6.54. The van der Waals surface area contributed by atoms with Gasteiger partial charge in [0.1, 0.15) is 0 Å². The topological polar surface area (TPSA) is 51.0 Å². The van der Waals surface area contributed by atoms with E-state index in [0.717, 1.165) is 27.8 Å². The lowest BCUT2D eigenvalue weighted by Gasteiger charge is -2.19. The van der Waals surface area contributed by atoms with Crippen LogP contribution in [0.1, 0.15) is 16.1 Å². The van der Waals surface area contributed by atoms with Gasteiger partial charge in [-0.25, -0.2) is 4.68 Å². The summed E-state index contributed by atoms with van der Waals surface area (Å²) in [4.78, 5) is 18.8. The summed E-state index contributed by atoms with van der Waals surface area (Å²) in [6.07, 6.45) is 5.04. The Labute approximate surface area is 151 Å². The Morgan fingerprint density at radius 2 is 1.73 bits per heavy atom. The molecule has 5 heteroatoms. The highest BCUT2D eigenvalue weighted by molar-refractivity contribution is 6.10. The maximum absolute atomic E-state index is 13.1. The second kappa shape index (κ2) is 6.44. The number of fused-ring (bicyclic) bond motifs is 1. The fourth-order valence-corrected chi connectivity index (χ4v) is 3.16. The van der Waals surface area contributed by atoms with Gasteiger partial charge in [0, 0.05) is 24.8 Å². The summed E-state index contributed by atoms with van der Waals surface area (Å²) in [6.45, 7) is 1.90. The quantitative estimate of drug-likeness (QED) is 0.565. The average Bonchev–Trinajstić information content (AvgIpc) is 3.08. The van der Waals surface area contributed by atoms with Gasteiger partial charge in [0.05, 0.1) is 28.8 Å². The molecule has 0 saturated carbocycles. The number of amides is 1. The first-order valence-corrected chi connectivity index (χ1v) is 8.37. The zero-order valence-corrected chi connectivity index (χ0v) is 14.6. The lowest BCUT2D eigenvalue weighted by atomic mass is 10.1. The van der Waals surface area contributed by atoms with Gasteiger partial charge in [-0.2, -0.15) is 5.10 Å². The van der Waals surface area contributed by atoms with Crippen LogP contribution in [-0.2, 0) is 0 Å². The summed E-state index contributed by atoms with van der Waals surface area (Å²) in [5.41, 5.74) is 3.14. The van der Waals surface area contributed by atoms with Crippen LogP contribution in [0.5, 0.6) is 0 Å². The van der Waals surface area contributed by atoms with Gasteiger partial charge in [0.25, 0.3) is 5.91 Å². The number of anilines is 1. The molecule has 0 spiro atoms. The molecule has 0 aliphatic carbocycles. The van der Waals surface area contributed by atoms with E-state index in [1.165, 1.54) is 0 Å². The minimum absolute atomic E-state index is 0.0841. The van der Waals surface area contributed by atoms with Crippen LogP contribution < -0.4 is 4.90 Å². The molecule has 2 aromatic carbocycles. The van der Waals surface area contributed by atoms with Gasteiger partial charge in [-0.05, 0) is 30.5 Å². The van der Waals surface area contributed by atoms with Gasteiger partial charge >= 0.3 is 0 Å². The van der Waals surface area contributed by atoms with Gasteiger partial charge in [-0.15, -0.1) is 0 Å². The normalized spacial score (nSPS) is 10.8. The van der Waals surface area contributed by atoms with Crippen LogP contribution in [0, 0.1) is 6.92 Å². The van der Waals surface area contributed by atoms with Crippen LogP contribution >= 0.6 is 0 Å². The molecule has 4 rings (SSSR count). The largest absolute Gasteiger partial charge is 0.311 e. The molecule has 0 saturated heterocycles. The van der Waals surface area contributed by atoms with E-state index >= 15 is 0 Å². The van der Waals surface area contributed by atoms with Crippen LogP contribution in [0.4, 0.5) is 5.69 Å². The van der Waals surface area contributed by atoms with E-state index in [-0.39, 0.29) is 5.91 Å². The molecule has 0 radical (unpaired) electrons. The first kappa shape index (κ1) is 16.0. The minimum Gasteiger partial charge on any atom is -0.311 e. The van der Waals surface area contributed by atoms with Crippen molar-refractivity contribution >= 4 is 22.4 Å². The number of hydrogen-bond donors (Lipinski definition) is 0. The van der Waals surface area contributed by atoms with E-state index in [4.69, 9.17) is 0 Å². The van der Waals surface area contributed by atoms with Crippen LogP contribution in [0.15, 0.2) is 73.2 Å². The van der Waals surface area contributed by atoms with Gasteiger partial charge in [0.2, 0.25) is 0 Å². The molecule has 2 heterocycles. The molecule has 0 fully saturated rings. The van der Waals surface area contributed by atoms with Crippen molar-refractivity contribution in [2.45, 2.75) is 6.92 Å². The number of pyridine rings is 1. The van der Waals surface area contributed by atoms with Gasteiger partial charge in [0.15, 0.2) is 0 Å². The number of rotatable bonds is 3. The Morgan fingerprint density at radius 1 is 1.00 bits per heavy atom. The molecule has 0 aliphatic rings. The summed E-state index contributed by atoms with van der Waals surface area (Å²) in [6, 6.07) is 17.8. The third-order valence-corrected chi connectivity index (χ3v) is 4.58. The molecule has 0 unspecified atom stereocenters. The number of carbonyl (C=O) groups excluding carboxylic acids is 1. The first-order valence-electron chi connectivity index (χ1n) is 8.37. The number of hydrogen-bond acceptors (Lipinski definition) is 3. The Balaban J connectivity index is 1.73. The average molecular weight is 342 g/mol. The highest BCUT2D eigenvalue weighted by atomic mass is 16.2. The lowest BCUT2D eigenvalue weighted by molar-refractivity contribution is 0.0992. The Morgan fingerprint density at radius 3 is 2.54 bits per heavy atom. The zero-order valence-electron chi connectivity index (χ0n) is 14.6. The third-order valence-electron chi connectivity index (χ3n) is 4.58. The number of nitrogens with zero attached hydrogens (tertiary/aromatic N) is 4. The molecular weight excluding hydrogens is 324 g/mol. The molecule has 128 valence electrons. The molecule has 0 bridgehead atoms. The SMILES string of the molecule is Cc1c(C(=O)N(C)c2cccc3ccccc23)cnn1-c1ccncc1. The van der Waals surface area contributed by atoms with Crippen LogP contribution in [0.2, 0.25) is 0 Å². The maximum Gasteiger partial charge on any atom is 0.261 e. The van der Waals surface area contributed by atoms with Crippen molar-refractivity contribution in [2.24, 2.45) is 0 Å². The molecule has 1 amide bonds. The van der Waals surface area contributed by atoms with Gasteiger partial charge in [-0.1, -0.05) is 36.4 Å². The number of carbonyl (C=O) groups is 1. The standard InChI is InChI=1S/C21H18N4O/c1-15-19(14-23-25(15)17-10-12-22-13-11-17)21(26)24(2)20-9-5-7-16-6-3-4-8-18(16)20/h3-14H,1-2H3. The van der Waals surface area contributed by atoms with Crippen molar-refractivity contribution in [1.29, 1.82) is 0 Å². The fraction of sp³-hybridized carbons (Fsp3) is 0.0952. The smallest absolute Gasteiger partial charge is 0.261 e. The van der Waals surface area contributed by atoms with Crippen LogP contribution in [0.25, 0.3) is 16.5 Å². The van der Waals surface area contributed by atoms with Crippen molar-refractivity contribution in [2.75, 3.05) is 11.9 Å². The predicted molar refractivity (Wildman–Crippen MR) is 103 cm³/mol. The second-order valence-corrected chi connectivity index (χ2v) is 6.12. The Kier molecular flexibility index (Phi) is 3.97. The molecule has 0 aliphatic heterocycles. The molecule has 0 N–H and O–H groups in total.